The molecule has 0 unspecified atom stereocenters. The number of aryl methyl sites for hydroxylation is 3. The molecule has 7 nitrogen and oxygen atoms in total. The molecule has 0 atom stereocenters. The molecule has 8 heteroatoms. The highest BCUT2D eigenvalue weighted by atomic mass is 32.2. The molecule has 1 aliphatic heterocycles. The number of sulfonamides is 1. The van der Waals surface area contributed by atoms with Crippen LogP contribution in [0.3, 0.4) is 0 Å². The number of piperazine rings is 1. The zero-order chi connectivity index (χ0) is 23.2. The minimum atomic E-state index is -3.59. The number of ether oxygens (including phenoxy) is 1. The van der Waals surface area contributed by atoms with E-state index in [0.717, 1.165) is 22.5 Å². The number of carbonyl (C=O) groups is 1. The van der Waals surface area contributed by atoms with Crippen molar-refractivity contribution in [3.8, 4) is 5.75 Å². The fourth-order valence-corrected chi connectivity index (χ4v) is 6.48. The van der Waals surface area contributed by atoms with Crippen LogP contribution in [0.2, 0.25) is 0 Å². The summed E-state index contributed by atoms with van der Waals surface area (Å²) in [4.78, 5) is 15.4. The third-order valence-corrected chi connectivity index (χ3v) is 8.75. The summed E-state index contributed by atoms with van der Waals surface area (Å²) in [6.07, 6.45) is 2.38. The first-order valence-corrected chi connectivity index (χ1v) is 12.7. The molecule has 2 aromatic rings. The van der Waals surface area contributed by atoms with Crippen molar-refractivity contribution in [2.75, 3.05) is 39.8 Å². The molecule has 1 saturated heterocycles. The Morgan fingerprint density at radius 2 is 1.66 bits per heavy atom. The summed E-state index contributed by atoms with van der Waals surface area (Å²) < 4.78 is 35.7. The second-order valence-corrected chi connectivity index (χ2v) is 11.0. The average Bonchev–Trinajstić information content (AvgIpc) is 3.53. The molecule has 0 amide bonds. The minimum absolute atomic E-state index is 0.114. The van der Waals surface area contributed by atoms with Gasteiger partial charge in [0.05, 0.1) is 18.6 Å². The van der Waals surface area contributed by atoms with Gasteiger partial charge in [0.1, 0.15) is 5.75 Å². The van der Waals surface area contributed by atoms with Crippen LogP contribution in [0, 0.1) is 27.7 Å². The van der Waals surface area contributed by atoms with Crippen molar-refractivity contribution < 1.29 is 17.9 Å². The van der Waals surface area contributed by atoms with Crippen LogP contribution in [-0.2, 0) is 10.0 Å². The maximum Gasteiger partial charge on any atom is 0.243 e. The van der Waals surface area contributed by atoms with E-state index in [0.29, 0.717) is 55.0 Å². The van der Waals surface area contributed by atoms with Crippen molar-refractivity contribution in [2.45, 2.75) is 51.5 Å². The van der Waals surface area contributed by atoms with E-state index < -0.39 is 10.0 Å². The number of benzene rings is 1. The van der Waals surface area contributed by atoms with Crippen molar-refractivity contribution in [1.29, 1.82) is 0 Å². The van der Waals surface area contributed by atoms with Crippen LogP contribution in [0.1, 0.15) is 51.8 Å². The first-order valence-electron chi connectivity index (χ1n) is 11.2. The maximum absolute atomic E-state index is 13.3. The lowest BCUT2D eigenvalue weighted by molar-refractivity contribution is 0.0901. The van der Waals surface area contributed by atoms with Gasteiger partial charge in [0.15, 0.2) is 5.78 Å². The van der Waals surface area contributed by atoms with Gasteiger partial charge in [-0.1, -0.05) is 0 Å². The second kappa shape index (κ2) is 8.65. The second-order valence-electron chi connectivity index (χ2n) is 9.08. The lowest BCUT2D eigenvalue weighted by Crippen LogP contribution is -2.49. The van der Waals surface area contributed by atoms with Crippen molar-refractivity contribution >= 4 is 15.8 Å². The van der Waals surface area contributed by atoms with Gasteiger partial charge < -0.3 is 9.30 Å². The molecule has 0 N–H and O–H groups in total. The molecule has 1 aromatic heterocycles. The van der Waals surface area contributed by atoms with Crippen LogP contribution >= 0.6 is 0 Å². The number of ketones is 1. The Hall–Kier alpha value is -2.16. The molecule has 2 heterocycles. The molecule has 1 aromatic carbocycles. The number of hydrogen-bond acceptors (Lipinski definition) is 5. The summed E-state index contributed by atoms with van der Waals surface area (Å²) in [5.74, 6) is 0.800. The minimum Gasteiger partial charge on any atom is -0.496 e. The summed E-state index contributed by atoms with van der Waals surface area (Å²) in [7, 11) is -2.01. The smallest absolute Gasteiger partial charge is 0.243 e. The van der Waals surface area contributed by atoms with Crippen LogP contribution in [0.15, 0.2) is 23.1 Å². The molecule has 0 radical (unpaired) electrons. The molecule has 1 saturated carbocycles. The van der Waals surface area contributed by atoms with Crippen molar-refractivity contribution in [3.63, 3.8) is 0 Å². The zero-order valence-electron chi connectivity index (χ0n) is 19.6. The SMILES string of the molecule is COc1cc(C)c(S(=O)(=O)N2CCN(CC(=O)c3cc(C)n(C4CC4)c3C)CC2)cc1C. The number of rotatable bonds is 7. The van der Waals surface area contributed by atoms with Gasteiger partial charge in [0, 0.05) is 49.2 Å². The van der Waals surface area contributed by atoms with E-state index in [1.165, 1.54) is 17.1 Å². The molecule has 0 spiro atoms. The summed E-state index contributed by atoms with van der Waals surface area (Å²) in [5.41, 5.74) is 4.48. The number of nitrogens with zero attached hydrogens (tertiary/aromatic N) is 3. The largest absolute Gasteiger partial charge is 0.496 e. The monoisotopic (exact) mass is 459 g/mol. The summed E-state index contributed by atoms with van der Waals surface area (Å²) in [6, 6.07) is 6.02. The molecular weight excluding hydrogens is 426 g/mol. The predicted octanol–water partition coefficient (Wildman–Crippen LogP) is 3.25. The number of methoxy groups -OCH3 is 1. The number of carbonyl (C=O) groups excluding carboxylic acids is 1. The first-order chi connectivity index (χ1) is 15.1. The lowest BCUT2D eigenvalue weighted by Gasteiger charge is -2.34. The Morgan fingerprint density at radius 3 is 2.25 bits per heavy atom. The van der Waals surface area contributed by atoms with Crippen molar-refractivity contribution in [3.05, 3.63) is 46.3 Å². The number of Topliss-reactive ketones (excluding diaryl/α,β-unsaturated/α-hetero) is 1. The van der Waals surface area contributed by atoms with Crippen LogP contribution < -0.4 is 4.74 Å². The van der Waals surface area contributed by atoms with Crippen molar-refractivity contribution in [2.24, 2.45) is 0 Å². The maximum atomic E-state index is 13.3. The number of aromatic nitrogens is 1. The van der Waals surface area contributed by atoms with Gasteiger partial charge in [0.2, 0.25) is 10.0 Å². The number of hydrogen-bond donors (Lipinski definition) is 0. The van der Waals surface area contributed by atoms with Crippen LogP contribution in [0.4, 0.5) is 0 Å². The van der Waals surface area contributed by atoms with Crippen LogP contribution in [-0.4, -0.2) is 67.8 Å². The van der Waals surface area contributed by atoms with Gasteiger partial charge in [-0.05, 0) is 69.9 Å². The fourth-order valence-electron chi connectivity index (χ4n) is 4.77. The predicted molar refractivity (Wildman–Crippen MR) is 124 cm³/mol. The highest BCUT2D eigenvalue weighted by Gasteiger charge is 2.32. The third kappa shape index (κ3) is 4.23. The van der Waals surface area contributed by atoms with E-state index in [9.17, 15) is 13.2 Å². The molecule has 1 aliphatic carbocycles. The summed E-state index contributed by atoms with van der Waals surface area (Å²) in [5, 5.41) is 0. The molecule has 2 aliphatic rings. The van der Waals surface area contributed by atoms with E-state index in [-0.39, 0.29) is 5.78 Å². The van der Waals surface area contributed by atoms with E-state index in [2.05, 4.69) is 16.4 Å². The summed E-state index contributed by atoms with van der Waals surface area (Å²) in [6.45, 7) is 9.90. The van der Waals surface area contributed by atoms with Crippen LogP contribution in [0.25, 0.3) is 0 Å². The molecule has 2 fully saturated rings. The highest BCUT2D eigenvalue weighted by Crippen LogP contribution is 2.38. The molecule has 32 heavy (non-hydrogen) atoms. The fraction of sp³-hybridized carbons (Fsp3) is 0.542. The van der Waals surface area contributed by atoms with Gasteiger partial charge in [0.25, 0.3) is 0 Å². The average molecular weight is 460 g/mol. The normalized spacial score (nSPS) is 18.2. The summed E-state index contributed by atoms with van der Waals surface area (Å²) >= 11 is 0. The Labute approximate surface area is 191 Å². The van der Waals surface area contributed by atoms with Gasteiger partial charge in [-0.25, -0.2) is 8.42 Å². The van der Waals surface area contributed by atoms with E-state index >= 15 is 0 Å². The topological polar surface area (TPSA) is 71.9 Å². The molecule has 174 valence electrons. The van der Waals surface area contributed by atoms with Gasteiger partial charge in [-0.3, -0.25) is 9.69 Å². The quantitative estimate of drug-likeness (QED) is 0.595. The third-order valence-electron chi connectivity index (χ3n) is 6.71. The van der Waals surface area contributed by atoms with Crippen LogP contribution in [0.5, 0.6) is 5.75 Å². The van der Waals surface area contributed by atoms with E-state index in [4.69, 9.17) is 4.74 Å². The van der Waals surface area contributed by atoms with Gasteiger partial charge in [-0.2, -0.15) is 4.31 Å². The Morgan fingerprint density at radius 1 is 1.00 bits per heavy atom. The van der Waals surface area contributed by atoms with Crippen molar-refractivity contribution in [1.82, 2.24) is 13.8 Å². The molecule has 4 rings (SSSR count). The molecule has 0 bridgehead atoms. The standard InChI is InChI=1S/C24H33N3O4S/c1-16-13-24(17(2)12-23(16)31-5)32(29,30)26-10-8-25(9-11-26)15-22(28)21-14-18(3)27(19(21)4)20-6-7-20/h12-14,20H,6-11,15H2,1-5H3. The van der Waals surface area contributed by atoms with Gasteiger partial charge >= 0.3 is 0 Å². The van der Waals surface area contributed by atoms with E-state index in [1.54, 1.807) is 26.2 Å². The zero-order valence-corrected chi connectivity index (χ0v) is 20.5. The first kappa shape index (κ1) is 23.0. The van der Waals surface area contributed by atoms with E-state index in [1.807, 2.05) is 19.9 Å². The highest BCUT2D eigenvalue weighted by molar-refractivity contribution is 7.89. The Bertz CT molecular complexity index is 1140. The Kier molecular flexibility index (Phi) is 6.22. The lowest BCUT2D eigenvalue weighted by atomic mass is 10.1. The Balaban J connectivity index is 1.42. The molecular formula is C24H33N3O4S. The van der Waals surface area contributed by atoms with Gasteiger partial charge in [-0.15, -0.1) is 0 Å².